The molecule has 5 heterocycles. The number of amides is 1. The molecule has 51 heavy (non-hydrogen) atoms. The van der Waals surface area contributed by atoms with Crippen LogP contribution in [0.3, 0.4) is 0 Å². The van der Waals surface area contributed by atoms with Gasteiger partial charge in [-0.2, -0.15) is 10.4 Å². The van der Waals surface area contributed by atoms with Crippen LogP contribution in [0.4, 0.5) is 10.1 Å². The fraction of sp³-hybridized carbons (Fsp3) is 0.308. The summed E-state index contributed by atoms with van der Waals surface area (Å²) in [5.74, 6) is 1.03. The van der Waals surface area contributed by atoms with Crippen molar-refractivity contribution < 1.29 is 18.7 Å². The van der Waals surface area contributed by atoms with E-state index in [0.717, 1.165) is 84.7 Å². The first-order valence-electron chi connectivity index (χ1n) is 17.3. The number of nitrogens with zero attached hydrogens (tertiary/aromatic N) is 6. The highest BCUT2D eigenvalue weighted by atomic mass is 19.1. The number of rotatable bonds is 10. The second-order valence-electron chi connectivity index (χ2n) is 13.3. The molecular weight excluding hydrogens is 647 g/mol. The summed E-state index contributed by atoms with van der Waals surface area (Å²) in [4.78, 5) is 25.6. The summed E-state index contributed by atoms with van der Waals surface area (Å²) in [6, 6.07) is 23.5. The number of carbonyl (C=O) groups is 1. The van der Waals surface area contributed by atoms with E-state index in [2.05, 4.69) is 25.0 Å². The Labute approximate surface area is 294 Å². The molecule has 2 aliphatic heterocycles. The molecule has 12 heteroatoms. The van der Waals surface area contributed by atoms with Gasteiger partial charge >= 0.3 is 0 Å². The minimum atomic E-state index is -0.466. The van der Waals surface area contributed by atoms with Gasteiger partial charge in [0.15, 0.2) is 0 Å². The molecule has 258 valence electrons. The third kappa shape index (κ3) is 6.91. The molecule has 0 aliphatic carbocycles. The number of ether oxygens (including phenoxy) is 2. The van der Waals surface area contributed by atoms with Gasteiger partial charge in [-0.3, -0.25) is 14.8 Å². The Morgan fingerprint density at radius 2 is 1.94 bits per heavy atom. The fourth-order valence-electron chi connectivity index (χ4n) is 6.91. The van der Waals surface area contributed by atoms with Crippen LogP contribution in [0.5, 0.6) is 5.88 Å². The molecule has 1 atom stereocenters. The number of piperidine rings is 1. The van der Waals surface area contributed by atoms with Crippen LogP contribution >= 0.6 is 0 Å². The first kappa shape index (κ1) is 32.6. The Morgan fingerprint density at radius 3 is 2.73 bits per heavy atom. The molecule has 2 aliphatic rings. The van der Waals surface area contributed by atoms with E-state index in [-0.39, 0.29) is 30.1 Å². The van der Waals surface area contributed by atoms with Crippen LogP contribution in [0.25, 0.3) is 21.9 Å². The lowest BCUT2D eigenvalue weighted by atomic mass is 9.93. The number of H-pyrrole nitrogens is 1. The van der Waals surface area contributed by atoms with E-state index in [1.54, 1.807) is 18.2 Å². The number of aromatic amines is 1. The molecule has 0 saturated carbocycles. The number of hydrogen-bond acceptors (Lipinski definition) is 8. The molecule has 11 nitrogen and oxygen atoms in total. The van der Waals surface area contributed by atoms with E-state index in [4.69, 9.17) is 24.7 Å². The normalized spacial score (nSPS) is 16.6. The highest BCUT2D eigenvalue weighted by molar-refractivity contribution is 6.06. The van der Waals surface area contributed by atoms with E-state index in [9.17, 15) is 9.18 Å². The number of halogens is 1. The van der Waals surface area contributed by atoms with E-state index in [1.807, 2.05) is 61.5 Å². The third-order valence-corrected chi connectivity index (χ3v) is 9.95. The number of imidazole rings is 1. The Kier molecular flexibility index (Phi) is 8.90. The van der Waals surface area contributed by atoms with Crippen molar-refractivity contribution in [3.63, 3.8) is 0 Å². The molecule has 0 spiro atoms. The number of fused-ring (bicyclic) bond motifs is 2. The maximum absolute atomic E-state index is 14.3. The van der Waals surface area contributed by atoms with E-state index < -0.39 is 5.82 Å². The first-order valence-corrected chi connectivity index (χ1v) is 17.3. The lowest BCUT2D eigenvalue weighted by molar-refractivity contribution is -0.0592. The van der Waals surface area contributed by atoms with Crippen molar-refractivity contribution in [2.45, 2.75) is 57.9 Å². The van der Waals surface area contributed by atoms with Gasteiger partial charge in [-0.1, -0.05) is 12.1 Å². The van der Waals surface area contributed by atoms with Crippen molar-refractivity contribution in [2.75, 3.05) is 25.0 Å². The maximum atomic E-state index is 14.3. The number of carbonyl (C=O) groups excluding carboxylic acids is 1. The molecule has 3 aromatic carbocycles. The second-order valence-corrected chi connectivity index (χ2v) is 13.3. The molecule has 0 unspecified atom stereocenters. The summed E-state index contributed by atoms with van der Waals surface area (Å²) in [6.07, 6.45) is 3.04. The van der Waals surface area contributed by atoms with E-state index >= 15 is 0 Å². The van der Waals surface area contributed by atoms with Gasteiger partial charge in [-0.05, 0) is 93.9 Å². The number of pyridine rings is 1. The summed E-state index contributed by atoms with van der Waals surface area (Å²) in [6.45, 7) is 5.92. The highest BCUT2D eigenvalue weighted by Gasteiger charge is 2.26. The smallest absolute Gasteiger partial charge is 0.255 e. The van der Waals surface area contributed by atoms with Gasteiger partial charge in [0.1, 0.15) is 18.2 Å². The molecule has 1 amide bonds. The second kappa shape index (κ2) is 13.9. The number of nitrogens with one attached hydrogen (secondary N) is 2. The van der Waals surface area contributed by atoms with Crippen LogP contribution < -0.4 is 10.1 Å². The van der Waals surface area contributed by atoms with Crippen LogP contribution in [0.15, 0.2) is 72.8 Å². The first-order chi connectivity index (χ1) is 24.9. The predicted molar refractivity (Wildman–Crippen MR) is 190 cm³/mol. The zero-order chi connectivity index (χ0) is 34.9. The molecule has 6 aromatic rings. The summed E-state index contributed by atoms with van der Waals surface area (Å²) >= 11 is 0. The van der Waals surface area contributed by atoms with Gasteiger partial charge in [-0.25, -0.2) is 14.4 Å². The average Bonchev–Trinajstić information content (AvgIpc) is 3.67. The van der Waals surface area contributed by atoms with Crippen molar-refractivity contribution in [3.05, 3.63) is 113 Å². The molecule has 2 saturated heterocycles. The predicted octanol–water partition coefficient (Wildman–Crippen LogP) is 6.63. The Balaban J connectivity index is 0.934. The van der Waals surface area contributed by atoms with E-state index in [1.165, 1.54) is 6.07 Å². The zero-order valence-electron chi connectivity index (χ0n) is 28.2. The summed E-state index contributed by atoms with van der Waals surface area (Å²) in [5.41, 5.74) is 6.46. The lowest BCUT2D eigenvalue weighted by Crippen LogP contribution is -2.35. The summed E-state index contributed by atoms with van der Waals surface area (Å²) in [7, 11) is 0. The molecule has 3 aromatic heterocycles. The zero-order valence-corrected chi connectivity index (χ0v) is 28.2. The number of hydrogen-bond donors (Lipinski definition) is 2. The average molecular weight is 685 g/mol. The maximum Gasteiger partial charge on any atom is 0.255 e. The number of anilines is 1. The monoisotopic (exact) mass is 684 g/mol. The van der Waals surface area contributed by atoms with Crippen molar-refractivity contribution in [1.82, 2.24) is 29.6 Å². The highest BCUT2D eigenvalue weighted by Crippen LogP contribution is 2.30. The van der Waals surface area contributed by atoms with Gasteiger partial charge in [0.05, 0.1) is 53.1 Å². The standard InChI is InChI=1S/C39H37FN8O3/c1-24-31-19-29(8-9-34(31)46-45-24)42-39(49)27-7-10-36-35(18-27)43-37(48(36)21-30-13-16-50-30)22-47-14-11-26(12-15-47)33-3-2-4-38(44-33)51-23-28-6-5-25(20-41)17-32(28)40/h2-10,17-19,26,30H,11-16,21-23H2,1H3,(H,42,49)(H,45,46)/t30-/m0/s1. The van der Waals surface area contributed by atoms with Crippen LogP contribution in [-0.2, 0) is 24.4 Å². The third-order valence-electron chi connectivity index (χ3n) is 9.95. The minimum absolute atomic E-state index is 0.0352. The van der Waals surface area contributed by atoms with Gasteiger partial charge < -0.3 is 19.4 Å². The van der Waals surface area contributed by atoms with Gasteiger partial charge in [0, 0.05) is 46.5 Å². The van der Waals surface area contributed by atoms with Crippen LogP contribution in [0.2, 0.25) is 0 Å². The number of nitriles is 1. The quantitative estimate of drug-likeness (QED) is 0.164. The molecule has 0 radical (unpaired) electrons. The summed E-state index contributed by atoms with van der Waals surface area (Å²) < 4.78 is 28.3. The molecule has 8 rings (SSSR count). The molecule has 0 bridgehead atoms. The molecule has 2 fully saturated rings. The number of aryl methyl sites for hydroxylation is 1. The Morgan fingerprint density at radius 1 is 1.08 bits per heavy atom. The number of aromatic nitrogens is 5. The van der Waals surface area contributed by atoms with Crippen molar-refractivity contribution in [1.29, 1.82) is 5.26 Å². The van der Waals surface area contributed by atoms with E-state index in [0.29, 0.717) is 29.2 Å². The van der Waals surface area contributed by atoms with Crippen molar-refractivity contribution in [3.8, 4) is 11.9 Å². The van der Waals surface area contributed by atoms with Crippen LogP contribution in [0.1, 0.15) is 63.9 Å². The molecule has 2 N–H and O–H groups in total. The Bertz CT molecular complexity index is 2280. The van der Waals surface area contributed by atoms with Crippen LogP contribution in [0, 0.1) is 24.1 Å². The minimum Gasteiger partial charge on any atom is -0.473 e. The lowest BCUT2D eigenvalue weighted by Gasteiger charge is -2.32. The molecular formula is C39H37FN8O3. The van der Waals surface area contributed by atoms with Gasteiger partial charge in [-0.15, -0.1) is 0 Å². The number of likely N-dealkylation sites (tertiary alicyclic amines) is 1. The SMILES string of the molecule is Cc1n[nH]c2ccc(NC(=O)c3ccc4c(c3)nc(CN3CCC(c5cccc(OCc6ccc(C#N)cc6F)n5)CC3)n4C[C@@H]3CCO3)cc12. The van der Waals surface area contributed by atoms with Gasteiger partial charge in [0.2, 0.25) is 5.88 Å². The number of benzene rings is 3. The van der Waals surface area contributed by atoms with Crippen molar-refractivity contribution >= 4 is 33.5 Å². The summed E-state index contributed by atoms with van der Waals surface area (Å²) in [5, 5.41) is 20.2. The topological polar surface area (TPSA) is 134 Å². The Hall–Kier alpha value is -5.64. The largest absolute Gasteiger partial charge is 0.473 e. The fourth-order valence-corrected chi connectivity index (χ4v) is 6.91. The van der Waals surface area contributed by atoms with Gasteiger partial charge in [0.25, 0.3) is 5.91 Å². The van der Waals surface area contributed by atoms with Crippen LogP contribution in [-0.4, -0.2) is 61.3 Å². The van der Waals surface area contributed by atoms with Crippen molar-refractivity contribution in [2.24, 2.45) is 0 Å².